The average molecular weight is 173 g/mol. The van der Waals surface area contributed by atoms with Crippen LogP contribution >= 0.6 is 11.8 Å². The fourth-order valence-electron chi connectivity index (χ4n) is 0.523. The molecule has 0 heterocycles. The Morgan fingerprint density at radius 1 is 1.73 bits per heavy atom. The van der Waals surface area contributed by atoms with Crippen LogP contribution in [0.25, 0.3) is 0 Å². The maximum absolute atomic E-state index is 5.49. The lowest BCUT2D eigenvalue weighted by Crippen LogP contribution is -2.31. The van der Waals surface area contributed by atoms with Gasteiger partial charge in [-0.1, -0.05) is 23.9 Å². The van der Waals surface area contributed by atoms with Gasteiger partial charge in [0.25, 0.3) is 0 Å². The molecule has 0 aromatic carbocycles. The molecule has 11 heavy (non-hydrogen) atoms. The average Bonchev–Trinajstić information content (AvgIpc) is 1.87. The molecule has 64 valence electrons. The second-order valence-electron chi connectivity index (χ2n) is 2.37. The minimum Gasteiger partial charge on any atom is -0.293 e. The van der Waals surface area contributed by atoms with Gasteiger partial charge in [-0.05, 0) is 13.2 Å². The third-order valence-corrected chi connectivity index (χ3v) is 1.75. The van der Waals surface area contributed by atoms with E-state index in [0.29, 0.717) is 6.54 Å². The number of nitrogens with zero attached hydrogens (tertiary/aromatic N) is 2. The van der Waals surface area contributed by atoms with Gasteiger partial charge in [-0.3, -0.25) is 10.0 Å². The Hall–Kier alpha value is -0.480. The first-order valence-electron chi connectivity index (χ1n) is 3.29. The first-order valence-corrected chi connectivity index (χ1v) is 4.51. The van der Waals surface area contributed by atoms with Crippen molar-refractivity contribution in [3.05, 3.63) is 12.2 Å². The Morgan fingerprint density at radius 3 is 2.55 bits per heavy atom. The molecule has 0 spiro atoms. The van der Waals surface area contributed by atoms with Crippen LogP contribution in [0.15, 0.2) is 17.1 Å². The second-order valence-corrected chi connectivity index (χ2v) is 3.14. The highest BCUT2D eigenvalue weighted by atomic mass is 32.2. The SMILES string of the molecule is C=C(C)CN=C(SC)N(C)N. The van der Waals surface area contributed by atoms with E-state index in [1.54, 1.807) is 7.05 Å². The van der Waals surface area contributed by atoms with E-state index in [4.69, 9.17) is 5.84 Å². The number of hydrogen-bond acceptors (Lipinski definition) is 3. The van der Waals surface area contributed by atoms with Gasteiger partial charge in [-0.2, -0.15) is 0 Å². The first kappa shape index (κ1) is 10.5. The van der Waals surface area contributed by atoms with E-state index in [1.165, 1.54) is 16.8 Å². The monoisotopic (exact) mass is 173 g/mol. The lowest BCUT2D eigenvalue weighted by molar-refractivity contribution is 0.548. The summed E-state index contributed by atoms with van der Waals surface area (Å²) < 4.78 is 0. The molecule has 0 rings (SSSR count). The standard InChI is InChI=1S/C7H15N3S/c1-6(2)5-9-7(11-4)10(3)8/h1,5,8H2,2-4H3. The molecule has 0 aromatic rings. The van der Waals surface area contributed by atoms with E-state index >= 15 is 0 Å². The molecule has 0 atom stereocenters. The zero-order chi connectivity index (χ0) is 8.85. The van der Waals surface area contributed by atoms with Gasteiger partial charge in [0.15, 0.2) is 5.17 Å². The van der Waals surface area contributed by atoms with Gasteiger partial charge in [0.2, 0.25) is 0 Å². The van der Waals surface area contributed by atoms with Crippen molar-refractivity contribution >= 4 is 16.9 Å². The number of rotatable bonds is 2. The molecule has 0 bridgehead atoms. The number of hydrazine groups is 1. The molecule has 3 nitrogen and oxygen atoms in total. The van der Waals surface area contributed by atoms with Gasteiger partial charge in [0.05, 0.1) is 6.54 Å². The maximum atomic E-state index is 5.49. The summed E-state index contributed by atoms with van der Waals surface area (Å²) in [6.07, 6.45) is 1.95. The predicted octanol–water partition coefficient (Wildman–Crippen LogP) is 1.09. The first-order chi connectivity index (χ1) is 5.07. The molecule has 0 saturated carbocycles. The lowest BCUT2D eigenvalue weighted by atomic mass is 10.4. The van der Waals surface area contributed by atoms with Gasteiger partial charge in [0, 0.05) is 7.05 Å². The number of nitrogens with two attached hydrogens (primary N) is 1. The topological polar surface area (TPSA) is 41.6 Å². The highest BCUT2D eigenvalue weighted by Crippen LogP contribution is 2.00. The van der Waals surface area contributed by atoms with E-state index in [0.717, 1.165) is 10.7 Å². The fourth-order valence-corrected chi connectivity index (χ4v) is 1.00. The molecular weight excluding hydrogens is 158 g/mol. The van der Waals surface area contributed by atoms with E-state index in [1.807, 2.05) is 13.2 Å². The van der Waals surface area contributed by atoms with E-state index in [2.05, 4.69) is 11.6 Å². The molecule has 0 saturated heterocycles. The molecule has 0 aliphatic carbocycles. The Balaban J connectivity index is 4.01. The third-order valence-electron chi connectivity index (χ3n) is 0.969. The number of aliphatic imine (C=N–C) groups is 1. The van der Waals surface area contributed by atoms with Gasteiger partial charge < -0.3 is 0 Å². The zero-order valence-electron chi connectivity index (χ0n) is 7.29. The number of amidine groups is 1. The smallest absolute Gasteiger partial charge is 0.173 e. The third kappa shape index (κ3) is 4.86. The van der Waals surface area contributed by atoms with Crippen molar-refractivity contribution in [1.82, 2.24) is 5.01 Å². The Labute approximate surface area is 72.3 Å². The van der Waals surface area contributed by atoms with Gasteiger partial charge >= 0.3 is 0 Å². The van der Waals surface area contributed by atoms with E-state index in [9.17, 15) is 0 Å². The van der Waals surface area contributed by atoms with Crippen molar-refractivity contribution in [2.45, 2.75) is 6.92 Å². The highest BCUT2D eigenvalue weighted by Gasteiger charge is 1.97. The molecule has 0 aromatic heterocycles. The quantitative estimate of drug-likeness (QED) is 0.223. The Morgan fingerprint density at radius 2 is 2.27 bits per heavy atom. The van der Waals surface area contributed by atoms with Crippen LogP contribution in [-0.4, -0.2) is 30.0 Å². The molecule has 0 aliphatic heterocycles. The number of hydrogen-bond donors (Lipinski definition) is 1. The van der Waals surface area contributed by atoms with Crippen LogP contribution in [0.5, 0.6) is 0 Å². The summed E-state index contributed by atoms with van der Waals surface area (Å²) in [4.78, 5) is 4.22. The summed E-state index contributed by atoms with van der Waals surface area (Å²) in [7, 11) is 1.77. The number of thioether (sulfide) groups is 1. The van der Waals surface area contributed by atoms with E-state index in [-0.39, 0.29) is 0 Å². The largest absolute Gasteiger partial charge is 0.293 e. The van der Waals surface area contributed by atoms with Crippen LogP contribution in [-0.2, 0) is 0 Å². The minimum absolute atomic E-state index is 0.651. The van der Waals surface area contributed by atoms with Crippen molar-refractivity contribution in [2.75, 3.05) is 19.8 Å². The Bertz CT molecular complexity index is 163. The van der Waals surface area contributed by atoms with Crippen molar-refractivity contribution in [1.29, 1.82) is 0 Å². The molecule has 4 heteroatoms. The zero-order valence-corrected chi connectivity index (χ0v) is 8.11. The predicted molar refractivity (Wildman–Crippen MR) is 52.6 cm³/mol. The maximum Gasteiger partial charge on any atom is 0.173 e. The molecule has 0 amide bonds. The van der Waals surface area contributed by atoms with E-state index < -0.39 is 0 Å². The van der Waals surface area contributed by atoms with Crippen LogP contribution in [0.3, 0.4) is 0 Å². The molecule has 0 unspecified atom stereocenters. The summed E-state index contributed by atoms with van der Waals surface area (Å²) in [5.41, 5.74) is 1.04. The summed E-state index contributed by atoms with van der Waals surface area (Å²) >= 11 is 1.53. The molecular formula is C7H15N3S. The summed E-state index contributed by atoms with van der Waals surface area (Å²) in [6.45, 7) is 6.34. The van der Waals surface area contributed by atoms with Gasteiger partial charge in [-0.25, -0.2) is 5.84 Å². The summed E-state index contributed by atoms with van der Waals surface area (Å²) in [5.74, 6) is 5.49. The summed E-state index contributed by atoms with van der Waals surface area (Å²) in [5, 5.41) is 2.33. The lowest BCUT2D eigenvalue weighted by Gasteiger charge is -2.12. The molecule has 0 fully saturated rings. The minimum atomic E-state index is 0.651. The normalized spacial score (nSPS) is 11.5. The second kappa shape index (κ2) is 5.21. The van der Waals surface area contributed by atoms with Crippen molar-refractivity contribution in [3.8, 4) is 0 Å². The van der Waals surface area contributed by atoms with Crippen LogP contribution in [0.4, 0.5) is 0 Å². The highest BCUT2D eigenvalue weighted by molar-refractivity contribution is 8.13. The van der Waals surface area contributed by atoms with Crippen molar-refractivity contribution in [3.63, 3.8) is 0 Å². The van der Waals surface area contributed by atoms with Gasteiger partial charge in [0.1, 0.15) is 0 Å². The fraction of sp³-hybridized carbons (Fsp3) is 0.571. The van der Waals surface area contributed by atoms with Crippen molar-refractivity contribution < 1.29 is 0 Å². The van der Waals surface area contributed by atoms with Crippen LogP contribution in [0.2, 0.25) is 0 Å². The summed E-state index contributed by atoms with van der Waals surface area (Å²) in [6, 6.07) is 0. The van der Waals surface area contributed by atoms with Gasteiger partial charge in [-0.15, -0.1) is 0 Å². The van der Waals surface area contributed by atoms with Crippen LogP contribution < -0.4 is 5.84 Å². The van der Waals surface area contributed by atoms with Crippen LogP contribution in [0.1, 0.15) is 6.92 Å². The van der Waals surface area contributed by atoms with Crippen molar-refractivity contribution in [2.24, 2.45) is 10.8 Å². The molecule has 0 aliphatic rings. The molecule has 2 N–H and O–H groups in total. The Kier molecular flexibility index (Phi) is 4.98. The van der Waals surface area contributed by atoms with Crippen LogP contribution in [0, 0.1) is 0 Å². The molecule has 0 radical (unpaired) electrons.